The van der Waals surface area contributed by atoms with Crippen LogP contribution in [-0.2, 0) is 11.3 Å². The van der Waals surface area contributed by atoms with Crippen molar-refractivity contribution in [3.05, 3.63) is 82.9 Å². The van der Waals surface area contributed by atoms with Crippen LogP contribution in [0.3, 0.4) is 0 Å². The Bertz CT molecular complexity index is 1140. The third-order valence-corrected chi connectivity index (χ3v) is 6.93. The topological polar surface area (TPSA) is 84.8 Å². The Hall–Kier alpha value is -3.51. The van der Waals surface area contributed by atoms with Gasteiger partial charge in [-0.2, -0.15) is 0 Å². The van der Waals surface area contributed by atoms with Crippen LogP contribution in [0.15, 0.2) is 60.7 Å². The molecule has 1 aliphatic heterocycles. The van der Waals surface area contributed by atoms with Gasteiger partial charge in [-0.15, -0.1) is 0 Å². The number of carbonyl (C=O) groups is 1. The molecule has 0 bridgehead atoms. The molecule has 1 amide bonds. The van der Waals surface area contributed by atoms with Crippen molar-refractivity contribution in [2.75, 3.05) is 43.4 Å². The van der Waals surface area contributed by atoms with E-state index in [-0.39, 0.29) is 12.0 Å². The number of hydrogen-bond acceptors (Lipinski definition) is 5. The van der Waals surface area contributed by atoms with Crippen molar-refractivity contribution in [3.63, 3.8) is 0 Å². The fourth-order valence-corrected chi connectivity index (χ4v) is 5.04. The summed E-state index contributed by atoms with van der Waals surface area (Å²) in [4.78, 5) is 17.0. The van der Waals surface area contributed by atoms with E-state index >= 15 is 0 Å². The molecule has 0 saturated carbocycles. The molecule has 1 fully saturated rings. The molecule has 3 aromatic carbocycles. The van der Waals surface area contributed by atoms with Crippen LogP contribution in [0, 0.1) is 6.92 Å². The first-order chi connectivity index (χ1) is 16.1. The molecule has 3 aromatic rings. The Morgan fingerprint density at radius 2 is 1.58 bits per heavy atom. The molecule has 170 valence electrons. The monoisotopic (exact) mass is 442 g/mol. The third-order valence-electron chi connectivity index (χ3n) is 6.93. The summed E-state index contributed by atoms with van der Waals surface area (Å²) in [5, 5.41) is 0. The molecule has 4 N–H and O–H groups in total. The van der Waals surface area contributed by atoms with E-state index in [4.69, 9.17) is 16.2 Å². The molecule has 5 rings (SSSR count). The van der Waals surface area contributed by atoms with Gasteiger partial charge in [0.25, 0.3) is 0 Å². The van der Waals surface area contributed by atoms with Crippen LogP contribution in [-0.4, -0.2) is 43.8 Å². The van der Waals surface area contributed by atoms with E-state index in [1.807, 2.05) is 25.1 Å². The van der Waals surface area contributed by atoms with E-state index in [0.717, 1.165) is 35.6 Å². The van der Waals surface area contributed by atoms with E-state index in [0.29, 0.717) is 26.2 Å². The van der Waals surface area contributed by atoms with Gasteiger partial charge >= 0.3 is 6.09 Å². The maximum absolute atomic E-state index is 12.9. The number of piperazine rings is 1. The van der Waals surface area contributed by atoms with E-state index in [1.165, 1.54) is 22.3 Å². The number of nitrogen functional groups attached to an aromatic ring is 1. The molecule has 6 nitrogen and oxygen atoms in total. The maximum atomic E-state index is 12.9. The van der Waals surface area contributed by atoms with Crippen molar-refractivity contribution in [2.45, 2.75) is 19.4 Å². The van der Waals surface area contributed by atoms with E-state index in [9.17, 15) is 4.79 Å². The largest absolute Gasteiger partial charge is 0.448 e. The quantitative estimate of drug-likeness (QED) is 0.594. The van der Waals surface area contributed by atoms with Crippen molar-refractivity contribution < 1.29 is 9.53 Å². The van der Waals surface area contributed by atoms with Crippen LogP contribution in [0.2, 0.25) is 0 Å². The molecule has 0 spiro atoms. The van der Waals surface area contributed by atoms with Gasteiger partial charge in [0.05, 0.1) is 0 Å². The zero-order valence-electron chi connectivity index (χ0n) is 19.0. The highest BCUT2D eigenvalue weighted by Crippen LogP contribution is 2.44. The average Bonchev–Trinajstić information content (AvgIpc) is 3.18. The summed E-state index contributed by atoms with van der Waals surface area (Å²) in [5.41, 5.74) is 20.9. The van der Waals surface area contributed by atoms with Gasteiger partial charge in [-0.3, -0.25) is 0 Å². The lowest BCUT2D eigenvalue weighted by molar-refractivity contribution is 0.0977. The van der Waals surface area contributed by atoms with Crippen LogP contribution in [0.4, 0.5) is 16.2 Å². The summed E-state index contributed by atoms with van der Waals surface area (Å²) in [6, 6.07) is 20.8. The van der Waals surface area contributed by atoms with Crippen molar-refractivity contribution in [3.8, 4) is 11.1 Å². The smallest absolute Gasteiger partial charge is 0.409 e. The minimum atomic E-state index is -0.247. The van der Waals surface area contributed by atoms with E-state index in [1.54, 1.807) is 4.90 Å². The van der Waals surface area contributed by atoms with Gasteiger partial charge in [-0.25, -0.2) is 4.79 Å². The van der Waals surface area contributed by atoms with Crippen LogP contribution in [0.25, 0.3) is 11.1 Å². The van der Waals surface area contributed by atoms with Crippen LogP contribution in [0.5, 0.6) is 0 Å². The molecule has 6 heteroatoms. The van der Waals surface area contributed by atoms with Crippen molar-refractivity contribution >= 4 is 17.5 Å². The maximum Gasteiger partial charge on any atom is 0.409 e. The fraction of sp³-hybridized carbons (Fsp3) is 0.296. The number of fused-ring (bicyclic) bond motifs is 3. The van der Waals surface area contributed by atoms with Crippen LogP contribution in [0.1, 0.15) is 28.2 Å². The van der Waals surface area contributed by atoms with Gasteiger partial charge in [-0.05, 0) is 52.4 Å². The number of anilines is 2. The molecule has 1 aliphatic carbocycles. The Morgan fingerprint density at radius 3 is 2.18 bits per heavy atom. The van der Waals surface area contributed by atoms with Crippen molar-refractivity contribution in [2.24, 2.45) is 5.73 Å². The first-order valence-corrected chi connectivity index (χ1v) is 11.5. The minimum Gasteiger partial charge on any atom is -0.448 e. The third kappa shape index (κ3) is 3.91. The number of rotatable bonds is 4. The minimum absolute atomic E-state index is 0.0762. The molecule has 0 radical (unpaired) electrons. The van der Waals surface area contributed by atoms with E-state index < -0.39 is 0 Å². The second-order valence-corrected chi connectivity index (χ2v) is 8.81. The molecule has 1 saturated heterocycles. The molecule has 0 atom stereocenters. The first kappa shape index (κ1) is 21.3. The Labute approximate surface area is 194 Å². The number of ether oxygens (including phenoxy) is 1. The number of nitrogens with two attached hydrogens (primary N) is 2. The fourth-order valence-electron chi connectivity index (χ4n) is 5.04. The summed E-state index contributed by atoms with van der Waals surface area (Å²) in [6.45, 7) is 5.53. The van der Waals surface area contributed by atoms with Gasteiger partial charge in [0.2, 0.25) is 0 Å². The molecule has 0 unspecified atom stereocenters. The van der Waals surface area contributed by atoms with E-state index in [2.05, 4.69) is 47.4 Å². The number of nitrogens with zero attached hydrogens (tertiary/aromatic N) is 2. The normalized spacial score (nSPS) is 15.3. The standard InChI is InChI=1S/C27H30N4O2/c1-18-25(29)14-19(16-28)15-26(18)30-10-12-31(13-11-30)27(32)33-17-24-22-8-4-2-6-20(22)21-7-3-5-9-23(21)24/h2-9,14-15,24H,10-13,16-17,28-29H2,1H3. The Balaban J connectivity index is 1.23. The zero-order chi connectivity index (χ0) is 22.9. The van der Waals surface area contributed by atoms with Gasteiger partial charge in [0, 0.05) is 50.0 Å². The molecular weight excluding hydrogens is 412 g/mol. The SMILES string of the molecule is Cc1c(N)cc(CN)cc1N1CCN(C(=O)OCC2c3ccccc3-c3ccccc32)CC1. The van der Waals surface area contributed by atoms with Gasteiger partial charge in [0.1, 0.15) is 6.61 Å². The van der Waals surface area contributed by atoms with Gasteiger partial charge < -0.3 is 26.0 Å². The Morgan fingerprint density at radius 1 is 0.970 bits per heavy atom. The Kier molecular flexibility index (Phi) is 5.68. The molecule has 2 aliphatic rings. The van der Waals surface area contributed by atoms with Crippen molar-refractivity contribution in [1.29, 1.82) is 0 Å². The first-order valence-electron chi connectivity index (χ1n) is 11.5. The number of amides is 1. The summed E-state index contributed by atoms with van der Waals surface area (Å²) in [6.07, 6.45) is -0.247. The van der Waals surface area contributed by atoms with Crippen molar-refractivity contribution in [1.82, 2.24) is 4.90 Å². The lowest BCUT2D eigenvalue weighted by Gasteiger charge is -2.36. The molecule has 33 heavy (non-hydrogen) atoms. The second-order valence-electron chi connectivity index (χ2n) is 8.81. The highest BCUT2D eigenvalue weighted by Gasteiger charge is 2.30. The second kappa shape index (κ2) is 8.79. The summed E-state index contributed by atoms with van der Waals surface area (Å²) in [7, 11) is 0. The lowest BCUT2D eigenvalue weighted by atomic mass is 9.98. The number of carbonyl (C=O) groups excluding carboxylic acids is 1. The highest BCUT2D eigenvalue weighted by atomic mass is 16.6. The van der Waals surface area contributed by atoms with Gasteiger partial charge in [-0.1, -0.05) is 48.5 Å². The number of hydrogen-bond donors (Lipinski definition) is 2. The van der Waals surface area contributed by atoms with Crippen LogP contribution >= 0.6 is 0 Å². The summed E-state index contributed by atoms with van der Waals surface area (Å²) in [5.74, 6) is 0.0762. The highest BCUT2D eigenvalue weighted by molar-refractivity contribution is 5.79. The molecule has 1 heterocycles. The van der Waals surface area contributed by atoms with Gasteiger partial charge in [0.15, 0.2) is 0 Å². The molecule has 0 aromatic heterocycles. The predicted octanol–water partition coefficient (Wildman–Crippen LogP) is 4.11. The predicted molar refractivity (Wildman–Crippen MR) is 132 cm³/mol. The summed E-state index contributed by atoms with van der Waals surface area (Å²) < 4.78 is 5.83. The summed E-state index contributed by atoms with van der Waals surface area (Å²) >= 11 is 0. The zero-order valence-corrected chi connectivity index (χ0v) is 19.0. The van der Waals surface area contributed by atoms with Crippen LogP contribution < -0.4 is 16.4 Å². The molecular formula is C27H30N4O2. The lowest BCUT2D eigenvalue weighted by Crippen LogP contribution is -2.49. The average molecular weight is 443 g/mol. The number of benzene rings is 3.